The molecule has 3 N–H and O–H groups in total. The van der Waals surface area contributed by atoms with Gasteiger partial charge in [-0.25, -0.2) is 0 Å². The Morgan fingerprint density at radius 1 is 1.29 bits per heavy atom. The number of anilines is 1. The van der Waals surface area contributed by atoms with E-state index in [1.807, 2.05) is 44.4 Å². The Bertz CT molecular complexity index is 564. The Balaban J connectivity index is 1.89. The molecule has 0 saturated heterocycles. The zero-order valence-electron chi connectivity index (χ0n) is 12.4. The first-order valence-electron chi connectivity index (χ1n) is 6.87. The number of carbonyl (C=O) groups excluding carboxylic acids is 1. The topological polar surface area (TPSA) is 58.4 Å². The van der Waals surface area contributed by atoms with Crippen LogP contribution in [0.1, 0.15) is 16.5 Å². The van der Waals surface area contributed by atoms with Gasteiger partial charge in [-0.05, 0) is 43.2 Å². The number of carbonyl (C=O) groups is 1. The lowest BCUT2D eigenvalue weighted by atomic mass is 10.1. The number of hydrogen-bond donors (Lipinski definition) is 2. The molecular weight excluding hydrogens is 282 g/mol. The molecule has 1 aromatic heterocycles. The van der Waals surface area contributed by atoms with Gasteiger partial charge in [0, 0.05) is 17.1 Å². The summed E-state index contributed by atoms with van der Waals surface area (Å²) in [6.45, 7) is 0.612. The Kier molecular flexibility index (Phi) is 5.36. The van der Waals surface area contributed by atoms with Crippen LogP contribution in [0.2, 0.25) is 0 Å². The van der Waals surface area contributed by atoms with Crippen molar-refractivity contribution < 1.29 is 4.79 Å². The second kappa shape index (κ2) is 7.24. The Morgan fingerprint density at radius 2 is 2.00 bits per heavy atom. The maximum atomic E-state index is 12.0. The first-order valence-corrected chi connectivity index (χ1v) is 7.75. The van der Waals surface area contributed by atoms with Gasteiger partial charge in [0.05, 0.1) is 12.5 Å². The van der Waals surface area contributed by atoms with E-state index >= 15 is 0 Å². The first kappa shape index (κ1) is 15.5. The van der Waals surface area contributed by atoms with E-state index in [4.69, 9.17) is 5.73 Å². The van der Waals surface area contributed by atoms with Crippen molar-refractivity contribution in [3.05, 3.63) is 52.2 Å². The Morgan fingerprint density at radius 3 is 2.57 bits per heavy atom. The molecule has 1 unspecified atom stereocenters. The average molecular weight is 303 g/mol. The summed E-state index contributed by atoms with van der Waals surface area (Å²) in [5.74, 6) is 0.0307. The maximum Gasteiger partial charge on any atom is 0.224 e. The largest absolute Gasteiger partial charge is 0.399 e. The van der Waals surface area contributed by atoms with Crippen molar-refractivity contribution in [2.24, 2.45) is 0 Å². The molecule has 0 bridgehead atoms. The molecule has 0 spiro atoms. The number of nitrogens with one attached hydrogen (secondary N) is 1. The van der Waals surface area contributed by atoms with E-state index in [-0.39, 0.29) is 11.9 Å². The fourth-order valence-electron chi connectivity index (χ4n) is 2.11. The number of nitrogens with zero attached hydrogens (tertiary/aromatic N) is 1. The summed E-state index contributed by atoms with van der Waals surface area (Å²) in [5, 5.41) is 5.07. The van der Waals surface area contributed by atoms with Crippen molar-refractivity contribution in [1.29, 1.82) is 0 Å². The molecule has 5 heteroatoms. The van der Waals surface area contributed by atoms with Crippen LogP contribution in [0.3, 0.4) is 0 Å². The van der Waals surface area contributed by atoms with Crippen LogP contribution in [-0.4, -0.2) is 31.4 Å². The van der Waals surface area contributed by atoms with E-state index in [0.29, 0.717) is 18.7 Å². The van der Waals surface area contributed by atoms with Crippen LogP contribution >= 0.6 is 11.3 Å². The molecule has 0 fully saturated rings. The first-order chi connectivity index (χ1) is 10.1. The average Bonchev–Trinajstić information content (AvgIpc) is 2.95. The fourth-order valence-corrected chi connectivity index (χ4v) is 3.04. The van der Waals surface area contributed by atoms with Gasteiger partial charge in [-0.15, -0.1) is 11.3 Å². The van der Waals surface area contributed by atoms with Crippen LogP contribution in [0.15, 0.2) is 41.8 Å². The van der Waals surface area contributed by atoms with Crippen LogP contribution in [0.25, 0.3) is 0 Å². The standard InChI is InChI=1S/C16H21N3OS/c1-19(2)14(15-4-3-9-21-15)11-18-16(20)10-12-5-7-13(17)8-6-12/h3-9,14H,10-11,17H2,1-2H3,(H,18,20). The number of amides is 1. The normalized spacial score (nSPS) is 12.3. The molecule has 2 rings (SSSR count). The van der Waals surface area contributed by atoms with E-state index in [9.17, 15) is 4.79 Å². The van der Waals surface area contributed by atoms with Crippen molar-refractivity contribution in [2.45, 2.75) is 12.5 Å². The zero-order chi connectivity index (χ0) is 15.2. The maximum absolute atomic E-state index is 12.0. The highest BCUT2D eigenvalue weighted by Crippen LogP contribution is 2.22. The third-order valence-corrected chi connectivity index (χ3v) is 4.31. The van der Waals surface area contributed by atoms with Gasteiger partial charge in [-0.3, -0.25) is 4.79 Å². The van der Waals surface area contributed by atoms with Gasteiger partial charge in [0.25, 0.3) is 0 Å². The number of hydrogen-bond acceptors (Lipinski definition) is 4. The van der Waals surface area contributed by atoms with Gasteiger partial charge < -0.3 is 16.0 Å². The van der Waals surface area contributed by atoms with Crippen molar-refractivity contribution in [3.8, 4) is 0 Å². The molecule has 0 saturated carbocycles. The van der Waals surface area contributed by atoms with Crippen LogP contribution < -0.4 is 11.1 Å². The smallest absolute Gasteiger partial charge is 0.224 e. The minimum Gasteiger partial charge on any atom is -0.399 e. The second-order valence-corrected chi connectivity index (χ2v) is 6.20. The lowest BCUT2D eigenvalue weighted by Crippen LogP contribution is -2.34. The van der Waals surface area contributed by atoms with Crippen molar-refractivity contribution in [1.82, 2.24) is 10.2 Å². The fraction of sp³-hybridized carbons (Fsp3) is 0.312. The van der Waals surface area contributed by atoms with Gasteiger partial charge >= 0.3 is 0 Å². The molecule has 0 radical (unpaired) electrons. The van der Waals surface area contributed by atoms with Crippen molar-refractivity contribution >= 4 is 22.9 Å². The SMILES string of the molecule is CN(C)C(CNC(=O)Cc1ccc(N)cc1)c1cccs1. The number of likely N-dealkylation sites (N-methyl/N-ethyl adjacent to an activating group) is 1. The molecule has 4 nitrogen and oxygen atoms in total. The van der Waals surface area contributed by atoms with E-state index in [1.165, 1.54) is 4.88 Å². The predicted molar refractivity (Wildman–Crippen MR) is 88.3 cm³/mol. The van der Waals surface area contributed by atoms with E-state index < -0.39 is 0 Å². The van der Waals surface area contributed by atoms with Crippen molar-refractivity contribution in [2.75, 3.05) is 26.4 Å². The minimum absolute atomic E-state index is 0.0307. The summed E-state index contributed by atoms with van der Waals surface area (Å²) < 4.78 is 0. The van der Waals surface area contributed by atoms with E-state index in [2.05, 4.69) is 21.7 Å². The van der Waals surface area contributed by atoms with Gasteiger partial charge in [-0.2, -0.15) is 0 Å². The number of thiophene rings is 1. The van der Waals surface area contributed by atoms with Crippen LogP contribution in [0.4, 0.5) is 5.69 Å². The van der Waals surface area contributed by atoms with Gasteiger partial charge in [-0.1, -0.05) is 18.2 Å². The monoisotopic (exact) mass is 303 g/mol. The quantitative estimate of drug-likeness (QED) is 0.805. The number of benzene rings is 1. The highest BCUT2D eigenvalue weighted by Gasteiger charge is 2.16. The molecule has 2 aromatic rings. The summed E-state index contributed by atoms with van der Waals surface area (Å²) >= 11 is 1.71. The van der Waals surface area contributed by atoms with Crippen LogP contribution in [-0.2, 0) is 11.2 Å². The molecule has 0 aliphatic rings. The molecule has 1 amide bonds. The second-order valence-electron chi connectivity index (χ2n) is 5.22. The van der Waals surface area contributed by atoms with Crippen LogP contribution in [0, 0.1) is 0 Å². The van der Waals surface area contributed by atoms with E-state index in [1.54, 1.807) is 11.3 Å². The summed E-state index contributed by atoms with van der Waals surface area (Å²) in [5.41, 5.74) is 7.32. The summed E-state index contributed by atoms with van der Waals surface area (Å²) in [7, 11) is 4.05. The predicted octanol–water partition coefficient (Wildman–Crippen LogP) is 2.29. The third-order valence-electron chi connectivity index (χ3n) is 3.33. The van der Waals surface area contributed by atoms with Gasteiger partial charge in [0.2, 0.25) is 5.91 Å². The number of nitrogens with two attached hydrogens (primary N) is 1. The van der Waals surface area contributed by atoms with Crippen molar-refractivity contribution in [3.63, 3.8) is 0 Å². The van der Waals surface area contributed by atoms with Crippen LogP contribution in [0.5, 0.6) is 0 Å². The molecule has 1 atom stereocenters. The summed E-state index contributed by atoms with van der Waals surface area (Å²) in [6.07, 6.45) is 0.380. The van der Waals surface area contributed by atoms with Gasteiger partial charge in [0.15, 0.2) is 0 Å². The van der Waals surface area contributed by atoms with Gasteiger partial charge in [0.1, 0.15) is 0 Å². The minimum atomic E-state index is 0.0307. The lowest BCUT2D eigenvalue weighted by molar-refractivity contribution is -0.120. The molecule has 21 heavy (non-hydrogen) atoms. The molecular formula is C16H21N3OS. The lowest BCUT2D eigenvalue weighted by Gasteiger charge is -2.23. The number of rotatable bonds is 6. The van der Waals surface area contributed by atoms with E-state index in [0.717, 1.165) is 5.56 Å². The Labute approximate surface area is 129 Å². The number of nitrogen functional groups attached to an aromatic ring is 1. The third kappa shape index (κ3) is 4.58. The highest BCUT2D eigenvalue weighted by atomic mass is 32.1. The molecule has 1 aromatic carbocycles. The molecule has 1 heterocycles. The Hall–Kier alpha value is -1.85. The summed E-state index contributed by atoms with van der Waals surface area (Å²) in [4.78, 5) is 15.4. The summed E-state index contributed by atoms with van der Waals surface area (Å²) in [6, 6.07) is 11.7. The molecule has 112 valence electrons. The molecule has 0 aliphatic heterocycles. The highest BCUT2D eigenvalue weighted by molar-refractivity contribution is 7.10. The molecule has 0 aliphatic carbocycles. The zero-order valence-corrected chi connectivity index (χ0v) is 13.2.